The van der Waals surface area contributed by atoms with Crippen molar-refractivity contribution >= 4 is 21.6 Å². The Hall–Kier alpha value is -1.91. The van der Waals surface area contributed by atoms with E-state index in [1.807, 2.05) is 18.2 Å². The van der Waals surface area contributed by atoms with Crippen LogP contribution in [-0.2, 0) is 12.8 Å². The van der Waals surface area contributed by atoms with Gasteiger partial charge in [0.2, 0.25) is 0 Å². The Morgan fingerprint density at radius 2 is 2.00 bits per heavy atom. The maximum atomic E-state index is 6.40. The molecule has 3 aromatic rings. The molecule has 0 bridgehead atoms. The minimum absolute atomic E-state index is 0.0738. The fraction of sp³-hybridized carbons (Fsp3) is 0.316. The molecule has 1 aromatic heterocycles. The molecule has 1 heterocycles. The number of nitrogens with zero attached hydrogens (tertiary/aromatic N) is 1. The molecule has 0 spiro atoms. The SMILES string of the molecule is CCCc1cccc(CC(N)c2nc3ccc(OC)cc3s2)c1. The molecule has 3 rings (SSSR count). The van der Waals surface area contributed by atoms with Gasteiger partial charge in [-0.05, 0) is 42.2 Å². The van der Waals surface area contributed by atoms with Crippen LogP contribution in [-0.4, -0.2) is 12.1 Å². The molecule has 0 aliphatic rings. The fourth-order valence-corrected chi connectivity index (χ4v) is 3.75. The molecule has 0 saturated heterocycles. The number of nitrogens with two attached hydrogens (primary N) is 1. The summed E-state index contributed by atoms with van der Waals surface area (Å²) in [6.07, 6.45) is 3.09. The van der Waals surface area contributed by atoms with Crippen LogP contribution in [0.1, 0.15) is 35.5 Å². The van der Waals surface area contributed by atoms with Gasteiger partial charge in [-0.1, -0.05) is 37.6 Å². The molecule has 120 valence electrons. The van der Waals surface area contributed by atoms with E-state index in [1.54, 1.807) is 18.4 Å². The second kappa shape index (κ2) is 7.11. The lowest BCUT2D eigenvalue weighted by Crippen LogP contribution is -2.13. The number of aromatic nitrogens is 1. The lowest BCUT2D eigenvalue weighted by Gasteiger charge is -2.09. The van der Waals surface area contributed by atoms with Crippen molar-refractivity contribution in [2.45, 2.75) is 32.2 Å². The molecule has 0 aliphatic carbocycles. The smallest absolute Gasteiger partial charge is 0.120 e. The Morgan fingerprint density at radius 1 is 1.17 bits per heavy atom. The molecule has 23 heavy (non-hydrogen) atoms. The van der Waals surface area contributed by atoms with Crippen LogP contribution in [0.25, 0.3) is 10.2 Å². The average Bonchev–Trinajstić information content (AvgIpc) is 2.98. The van der Waals surface area contributed by atoms with Crippen LogP contribution >= 0.6 is 11.3 Å². The van der Waals surface area contributed by atoms with Crippen molar-refractivity contribution in [1.29, 1.82) is 0 Å². The van der Waals surface area contributed by atoms with Gasteiger partial charge in [-0.25, -0.2) is 4.98 Å². The van der Waals surface area contributed by atoms with E-state index in [0.717, 1.165) is 40.2 Å². The van der Waals surface area contributed by atoms with Crippen molar-refractivity contribution in [2.24, 2.45) is 5.73 Å². The van der Waals surface area contributed by atoms with Crippen molar-refractivity contribution in [3.8, 4) is 5.75 Å². The van der Waals surface area contributed by atoms with Crippen molar-refractivity contribution < 1.29 is 4.74 Å². The van der Waals surface area contributed by atoms with E-state index in [2.05, 4.69) is 36.2 Å². The Kier molecular flexibility index (Phi) is 4.94. The van der Waals surface area contributed by atoms with Gasteiger partial charge in [0.1, 0.15) is 10.8 Å². The van der Waals surface area contributed by atoms with Gasteiger partial charge >= 0.3 is 0 Å². The van der Waals surface area contributed by atoms with E-state index in [9.17, 15) is 0 Å². The van der Waals surface area contributed by atoms with Gasteiger partial charge in [0.25, 0.3) is 0 Å². The molecule has 0 fully saturated rings. The van der Waals surface area contributed by atoms with Crippen molar-refractivity contribution in [3.63, 3.8) is 0 Å². The summed E-state index contributed by atoms with van der Waals surface area (Å²) in [4.78, 5) is 4.68. The molecular formula is C19H22N2OS. The third-order valence-corrected chi connectivity index (χ3v) is 5.07. The van der Waals surface area contributed by atoms with Gasteiger partial charge in [0.05, 0.1) is 23.4 Å². The second-order valence-electron chi connectivity index (χ2n) is 5.77. The first kappa shape index (κ1) is 16.0. The van der Waals surface area contributed by atoms with Crippen LogP contribution < -0.4 is 10.5 Å². The highest BCUT2D eigenvalue weighted by molar-refractivity contribution is 7.18. The zero-order valence-corrected chi connectivity index (χ0v) is 14.4. The van der Waals surface area contributed by atoms with Gasteiger partial charge in [0.15, 0.2) is 0 Å². The Morgan fingerprint density at radius 3 is 2.78 bits per heavy atom. The number of aryl methyl sites for hydroxylation is 1. The molecule has 0 aliphatic heterocycles. The normalized spacial score (nSPS) is 12.5. The van der Waals surface area contributed by atoms with Gasteiger partial charge in [-0.2, -0.15) is 0 Å². The Balaban J connectivity index is 1.80. The third-order valence-electron chi connectivity index (χ3n) is 3.92. The number of hydrogen-bond donors (Lipinski definition) is 1. The van der Waals surface area contributed by atoms with Crippen LogP contribution in [0, 0.1) is 0 Å². The van der Waals surface area contributed by atoms with Crippen molar-refractivity contribution in [3.05, 3.63) is 58.6 Å². The summed E-state index contributed by atoms with van der Waals surface area (Å²) in [5.74, 6) is 0.855. The van der Waals surface area contributed by atoms with Crippen LogP contribution in [0.15, 0.2) is 42.5 Å². The maximum Gasteiger partial charge on any atom is 0.120 e. The highest BCUT2D eigenvalue weighted by Gasteiger charge is 2.13. The Labute approximate surface area is 141 Å². The van der Waals surface area contributed by atoms with Crippen LogP contribution in [0.5, 0.6) is 5.75 Å². The first-order valence-corrected chi connectivity index (χ1v) is 8.79. The molecule has 0 saturated carbocycles. The number of methoxy groups -OCH3 is 1. The zero-order valence-electron chi connectivity index (χ0n) is 13.6. The molecule has 0 amide bonds. The highest BCUT2D eigenvalue weighted by Crippen LogP contribution is 2.30. The van der Waals surface area contributed by atoms with Crippen LogP contribution in [0.3, 0.4) is 0 Å². The summed E-state index contributed by atoms with van der Waals surface area (Å²) in [6, 6.07) is 14.6. The number of ether oxygens (including phenoxy) is 1. The minimum Gasteiger partial charge on any atom is -0.497 e. The van der Waals surface area contributed by atoms with Crippen LogP contribution in [0.4, 0.5) is 0 Å². The number of benzene rings is 2. The van der Waals surface area contributed by atoms with E-state index in [-0.39, 0.29) is 6.04 Å². The standard InChI is InChI=1S/C19H22N2OS/c1-3-5-13-6-4-7-14(10-13)11-16(20)19-21-17-9-8-15(22-2)12-18(17)23-19/h4,6-10,12,16H,3,5,11,20H2,1-2H3. The summed E-state index contributed by atoms with van der Waals surface area (Å²) >= 11 is 1.65. The summed E-state index contributed by atoms with van der Waals surface area (Å²) < 4.78 is 6.39. The molecule has 3 nitrogen and oxygen atoms in total. The number of hydrogen-bond acceptors (Lipinski definition) is 4. The monoisotopic (exact) mass is 326 g/mol. The average molecular weight is 326 g/mol. The first-order chi connectivity index (χ1) is 11.2. The summed E-state index contributed by atoms with van der Waals surface area (Å²) in [6.45, 7) is 2.20. The fourth-order valence-electron chi connectivity index (χ4n) is 2.75. The second-order valence-corrected chi connectivity index (χ2v) is 6.83. The topological polar surface area (TPSA) is 48.1 Å². The number of fused-ring (bicyclic) bond motifs is 1. The lowest BCUT2D eigenvalue weighted by atomic mass is 10.0. The quantitative estimate of drug-likeness (QED) is 0.725. The molecule has 2 aromatic carbocycles. The van der Waals surface area contributed by atoms with E-state index in [4.69, 9.17) is 10.5 Å². The summed E-state index contributed by atoms with van der Waals surface area (Å²) in [5, 5.41) is 0.981. The lowest BCUT2D eigenvalue weighted by molar-refractivity contribution is 0.415. The van der Waals surface area contributed by atoms with Crippen LogP contribution in [0.2, 0.25) is 0 Å². The van der Waals surface area contributed by atoms with Gasteiger partial charge in [-0.15, -0.1) is 11.3 Å². The third kappa shape index (κ3) is 3.71. The molecule has 4 heteroatoms. The van der Waals surface area contributed by atoms with Crippen molar-refractivity contribution in [1.82, 2.24) is 4.98 Å². The van der Waals surface area contributed by atoms with Gasteiger partial charge < -0.3 is 10.5 Å². The zero-order chi connectivity index (χ0) is 16.2. The number of thiazole rings is 1. The molecule has 0 radical (unpaired) electrons. The highest BCUT2D eigenvalue weighted by atomic mass is 32.1. The molecule has 1 unspecified atom stereocenters. The van der Waals surface area contributed by atoms with Gasteiger partial charge in [-0.3, -0.25) is 0 Å². The minimum atomic E-state index is -0.0738. The largest absolute Gasteiger partial charge is 0.497 e. The van der Waals surface area contributed by atoms with E-state index >= 15 is 0 Å². The van der Waals surface area contributed by atoms with E-state index < -0.39 is 0 Å². The predicted molar refractivity (Wildman–Crippen MR) is 97.2 cm³/mol. The van der Waals surface area contributed by atoms with E-state index in [1.165, 1.54) is 11.1 Å². The maximum absolute atomic E-state index is 6.40. The Bertz CT molecular complexity index is 797. The van der Waals surface area contributed by atoms with Crippen molar-refractivity contribution in [2.75, 3.05) is 7.11 Å². The number of rotatable bonds is 6. The van der Waals surface area contributed by atoms with Gasteiger partial charge in [0, 0.05) is 0 Å². The summed E-state index contributed by atoms with van der Waals surface area (Å²) in [7, 11) is 1.68. The predicted octanol–water partition coefficient (Wildman–Crippen LogP) is 4.50. The molecular weight excluding hydrogens is 304 g/mol. The van der Waals surface area contributed by atoms with E-state index in [0.29, 0.717) is 0 Å². The molecule has 2 N–H and O–H groups in total. The molecule has 1 atom stereocenters. The summed E-state index contributed by atoms with van der Waals surface area (Å²) in [5.41, 5.74) is 10.0. The first-order valence-electron chi connectivity index (χ1n) is 7.97.